The van der Waals surface area contributed by atoms with Gasteiger partial charge in [-0.3, -0.25) is 4.98 Å². The van der Waals surface area contributed by atoms with Gasteiger partial charge < -0.3 is 9.88 Å². The number of nitrogens with one attached hydrogen (secondary N) is 1. The fraction of sp³-hybridized carbons (Fsp3) is 0.571. The van der Waals surface area contributed by atoms with Crippen molar-refractivity contribution < 1.29 is 0 Å². The van der Waals surface area contributed by atoms with E-state index in [1.54, 1.807) is 0 Å². The first-order valence-corrected chi connectivity index (χ1v) is 6.88. The van der Waals surface area contributed by atoms with Crippen LogP contribution in [0.5, 0.6) is 0 Å². The maximum absolute atomic E-state index is 4.75. The maximum atomic E-state index is 4.75. The Morgan fingerprint density at radius 1 is 1.50 bits per heavy atom. The lowest BCUT2D eigenvalue weighted by molar-refractivity contribution is 0.367. The monoisotopic (exact) mass is 244 g/mol. The molecule has 0 aliphatic carbocycles. The van der Waals surface area contributed by atoms with E-state index in [9.17, 15) is 0 Å². The summed E-state index contributed by atoms with van der Waals surface area (Å²) in [5, 5.41) is 3.48. The van der Waals surface area contributed by atoms with Crippen LogP contribution in [-0.4, -0.2) is 27.6 Å². The van der Waals surface area contributed by atoms with Crippen LogP contribution in [0.25, 0.3) is 11.0 Å². The van der Waals surface area contributed by atoms with Gasteiger partial charge in [0.2, 0.25) is 0 Å². The Morgan fingerprint density at radius 2 is 2.44 bits per heavy atom. The Balaban J connectivity index is 1.90. The molecule has 0 aromatic carbocycles. The zero-order valence-electron chi connectivity index (χ0n) is 10.9. The van der Waals surface area contributed by atoms with E-state index >= 15 is 0 Å². The van der Waals surface area contributed by atoms with E-state index in [0.29, 0.717) is 0 Å². The van der Waals surface area contributed by atoms with Crippen LogP contribution < -0.4 is 5.32 Å². The molecule has 1 saturated heterocycles. The lowest BCUT2D eigenvalue weighted by Crippen LogP contribution is -2.31. The molecule has 1 aliphatic heterocycles. The molecular weight excluding hydrogens is 224 g/mol. The van der Waals surface area contributed by atoms with Crippen LogP contribution >= 0.6 is 0 Å². The summed E-state index contributed by atoms with van der Waals surface area (Å²) in [6.45, 7) is 5.47. The van der Waals surface area contributed by atoms with Crippen LogP contribution in [0.3, 0.4) is 0 Å². The second kappa shape index (κ2) is 5.06. The van der Waals surface area contributed by atoms with Crippen molar-refractivity contribution in [2.24, 2.45) is 5.92 Å². The molecule has 1 N–H and O–H groups in total. The fourth-order valence-electron chi connectivity index (χ4n) is 2.90. The fourth-order valence-corrected chi connectivity index (χ4v) is 2.90. The van der Waals surface area contributed by atoms with Gasteiger partial charge in [-0.2, -0.15) is 0 Å². The van der Waals surface area contributed by atoms with Gasteiger partial charge in [0.25, 0.3) is 0 Å². The van der Waals surface area contributed by atoms with Crippen LogP contribution in [0.1, 0.15) is 25.6 Å². The second-order valence-corrected chi connectivity index (χ2v) is 5.05. The molecule has 0 bridgehead atoms. The SMILES string of the molecule is CCn1c(CC2CCCNC2)nc2cnccc21. The number of hydrogen-bond donors (Lipinski definition) is 1. The number of hydrogen-bond acceptors (Lipinski definition) is 3. The summed E-state index contributed by atoms with van der Waals surface area (Å²) in [5.41, 5.74) is 2.24. The summed E-state index contributed by atoms with van der Waals surface area (Å²) in [4.78, 5) is 8.91. The smallest absolute Gasteiger partial charge is 0.110 e. The van der Waals surface area contributed by atoms with Gasteiger partial charge in [-0.15, -0.1) is 0 Å². The number of nitrogens with zero attached hydrogens (tertiary/aromatic N) is 3. The summed E-state index contributed by atoms with van der Waals surface area (Å²) in [6, 6.07) is 2.06. The minimum Gasteiger partial charge on any atom is -0.328 e. The van der Waals surface area contributed by atoms with E-state index in [0.717, 1.165) is 30.9 Å². The van der Waals surface area contributed by atoms with E-state index in [-0.39, 0.29) is 0 Å². The van der Waals surface area contributed by atoms with Gasteiger partial charge in [0.1, 0.15) is 11.3 Å². The number of aromatic nitrogens is 3. The van der Waals surface area contributed by atoms with E-state index in [2.05, 4.69) is 27.9 Å². The maximum Gasteiger partial charge on any atom is 0.110 e. The largest absolute Gasteiger partial charge is 0.328 e. The number of aryl methyl sites for hydroxylation is 1. The molecule has 3 heterocycles. The van der Waals surface area contributed by atoms with Crippen molar-refractivity contribution in [1.82, 2.24) is 19.9 Å². The molecule has 2 aromatic heterocycles. The van der Waals surface area contributed by atoms with Gasteiger partial charge >= 0.3 is 0 Å². The molecule has 1 aliphatic rings. The van der Waals surface area contributed by atoms with Crippen molar-refractivity contribution in [3.8, 4) is 0 Å². The highest BCUT2D eigenvalue weighted by Gasteiger charge is 2.17. The first-order valence-electron chi connectivity index (χ1n) is 6.88. The third-order valence-corrected chi connectivity index (χ3v) is 3.82. The van der Waals surface area contributed by atoms with Gasteiger partial charge in [-0.05, 0) is 44.8 Å². The van der Waals surface area contributed by atoms with E-state index < -0.39 is 0 Å². The summed E-state index contributed by atoms with van der Waals surface area (Å²) in [5.74, 6) is 1.95. The lowest BCUT2D eigenvalue weighted by Gasteiger charge is -2.22. The summed E-state index contributed by atoms with van der Waals surface area (Å²) in [6.07, 6.45) is 7.40. The molecule has 4 nitrogen and oxygen atoms in total. The van der Waals surface area contributed by atoms with Crippen molar-refractivity contribution >= 4 is 11.0 Å². The zero-order valence-corrected chi connectivity index (χ0v) is 10.9. The molecule has 0 saturated carbocycles. The Hall–Kier alpha value is -1.42. The Morgan fingerprint density at radius 3 is 3.22 bits per heavy atom. The van der Waals surface area contributed by atoms with Crippen molar-refractivity contribution in [2.75, 3.05) is 13.1 Å². The first kappa shape index (κ1) is 11.7. The molecule has 0 amide bonds. The molecule has 2 aromatic rings. The minimum absolute atomic E-state index is 0.730. The molecule has 1 fully saturated rings. The average molecular weight is 244 g/mol. The van der Waals surface area contributed by atoms with E-state index in [4.69, 9.17) is 4.98 Å². The highest BCUT2D eigenvalue weighted by molar-refractivity contribution is 5.74. The first-order chi connectivity index (χ1) is 8.88. The number of piperidine rings is 1. The van der Waals surface area contributed by atoms with Gasteiger partial charge in [0.05, 0.1) is 11.7 Å². The van der Waals surface area contributed by atoms with Crippen molar-refractivity contribution in [3.05, 3.63) is 24.3 Å². The van der Waals surface area contributed by atoms with Crippen LogP contribution in [0, 0.1) is 5.92 Å². The van der Waals surface area contributed by atoms with Gasteiger partial charge in [0.15, 0.2) is 0 Å². The summed E-state index contributed by atoms with van der Waals surface area (Å²) >= 11 is 0. The van der Waals surface area contributed by atoms with Crippen LogP contribution in [0.15, 0.2) is 18.5 Å². The van der Waals surface area contributed by atoms with Gasteiger partial charge in [-0.1, -0.05) is 0 Å². The third kappa shape index (κ3) is 2.12. The third-order valence-electron chi connectivity index (χ3n) is 3.82. The molecule has 0 spiro atoms. The minimum atomic E-state index is 0.730. The van der Waals surface area contributed by atoms with Crippen LogP contribution in [0.4, 0.5) is 0 Å². The highest BCUT2D eigenvalue weighted by atomic mass is 15.1. The Bertz CT molecular complexity index is 526. The van der Waals surface area contributed by atoms with Crippen molar-refractivity contribution in [3.63, 3.8) is 0 Å². The van der Waals surface area contributed by atoms with E-state index in [1.807, 2.05) is 12.4 Å². The standard InChI is InChI=1S/C14H20N4/c1-2-18-13-5-7-16-10-12(13)17-14(18)8-11-4-3-6-15-9-11/h5,7,10-11,15H,2-4,6,8-9H2,1H3. The molecule has 1 atom stereocenters. The molecule has 1 unspecified atom stereocenters. The molecule has 96 valence electrons. The van der Waals surface area contributed by atoms with Crippen molar-refractivity contribution in [1.29, 1.82) is 0 Å². The molecule has 3 rings (SSSR count). The summed E-state index contributed by atoms with van der Waals surface area (Å²) in [7, 11) is 0. The normalized spacial score (nSPS) is 20.4. The van der Waals surface area contributed by atoms with Crippen molar-refractivity contribution in [2.45, 2.75) is 32.7 Å². The quantitative estimate of drug-likeness (QED) is 0.898. The number of fused-ring (bicyclic) bond motifs is 1. The Kier molecular flexibility index (Phi) is 3.28. The number of pyridine rings is 1. The predicted octanol–water partition coefficient (Wildman–Crippen LogP) is 1.99. The average Bonchev–Trinajstić information content (AvgIpc) is 2.77. The molecule has 18 heavy (non-hydrogen) atoms. The zero-order chi connectivity index (χ0) is 12.4. The Labute approximate surface area is 107 Å². The summed E-state index contributed by atoms with van der Waals surface area (Å²) < 4.78 is 2.33. The lowest BCUT2D eigenvalue weighted by atomic mass is 9.96. The second-order valence-electron chi connectivity index (χ2n) is 5.05. The van der Waals surface area contributed by atoms with E-state index in [1.165, 1.54) is 30.7 Å². The molecule has 4 heteroatoms. The van der Waals surface area contributed by atoms with Gasteiger partial charge in [-0.25, -0.2) is 4.98 Å². The molecule has 0 radical (unpaired) electrons. The molecular formula is C14H20N4. The topological polar surface area (TPSA) is 42.7 Å². The highest BCUT2D eigenvalue weighted by Crippen LogP contribution is 2.20. The number of rotatable bonds is 3. The van der Waals surface area contributed by atoms with Gasteiger partial charge in [0, 0.05) is 19.2 Å². The number of imidazole rings is 1. The van der Waals surface area contributed by atoms with Crippen LogP contribution in [0.2, 0.25) is 0 Å². The predicted molar refractivity (Wildman–Crippen MR) is 72.5 cm³/mol. The van der Waals surface area contributed by atoms with Crippen LogP contribution in [-0.2, 0) is 13.0 Å².